The van der Waals surface area contributed by atoms with Crippen LogP contribution in [-0.2, 0) is 4.57 Å². The molecule has 2 aromatic carbocycles. The molecule has 0 radical (unpaired) electrons. The van der Waals surface area contributed by atoms with Crippen LogP contribution in [0.4, 0.5) is 0 Å². The molecule has 0 N–H and O–H groups in total. The average Bonchev–Trinajstić information content (AvgIpc) is 2.39. The topological polar surface area (TPSA) is 34.1 Å². The van der Waals surface area contributed by atoms with Gasteiger partial charge in [-0.15, -0.1) is 0 Å². The zero-order valence-corrected chi connectivity index (χ0v) is 12.5. The van der Waals surface area contributed by atoms with Gasteiger partial charge in [0, 0.05) is 15.3 Å². The summed E-state index contributed by atoms with van der Waals surface area (Å²) < 4.78 is 13.2. The number of rotatable bonds is 3. The van der Waals surface area contributed by atoms with Crippen LogP contribution in [0.1, 0.15) is 10.4 Å². The Hall–Kier alpha value is -0.890. The lowest BCUT2D eigenvalue weighted by Gasteiger charge is -2.09. The third-order valence-electron chi connectivity index (χ3n) is 2.42. The molecule has 1 unspecified atom stereocenters. The Morgan fingerprint density at radius 2 is 1.72 bits per heavy atom. The second-order valence-electron chi connectivity index (χ2n) is 3.68. The Balaban J connectivity index is 2.43. The summed E-state index contributed by atoms with van der Waals surface area (Å²) in [5.74, 6) is 0. The highest BCUT2D eigenvalue weighted by atomic mass is 79.9. The number of hydrogen-bond donors (Lipinski definition) is 0. The largest absolute Gasteiger partial charge is 0.293 e. The van der Waals surface area contributed by atoms with E-state index in [2.05, 4.69) is 15.9 Å². The third kappa shape index (κ3) is 2.74. The van der Waals surface area contributed by atoms with Crippen molar-refractivity contribution < 1.29 is 9.36 Å². The highest BCUT2D eigenvalue weighted by Gasteiger charge is 2.32. The number of hydrogen-bond acceptors (Lipinski definition) is 2. The lowest BCUT2D eigenvalue weighted by Crippen LogP contribution is -2.08. The van der Waals surface area contributed by atoms with E-state index in [0.717, 1.165) is 4.47 Å². The molecule has 2 nitrogen and oxygen atoms in total. The summed E-state index contributed by atoms with van der Waals surface area (Å²) in [5, 5.41) is 0.358. The van der Waals surface area contributed by atoms with Gasteiger partial charge in [0.25, 0.3) is 6.49 Å². The van der Waals surface area contributed by atoms with Crippen LogP contribution in [0.25, 0.3) is 0 Å². The number of benzene rings is 2. The molecule has 0 saturated heterocycles. The molecular formula is C13H9BrClO2P. The number of carbonyl (C=O) groups excluding carboxylic acids is 1. The van der Waals surface area contributed by atoms with Crippen molar-refractivity contribution in [1.29, 1.82) is 0 Å². The van der Waals surface area contributed by atoms with Crippen LogP contribution in [0.2, 0.25) is 0 Å². The van der Waals surface area contributed by atoms with E-state index in [0.29, 0.717) is 10.9 Å². The molecule has 0 amide bonds. The summed E-state index contributed by atoms with van der Waals surface area (Å²) in [6.45, 7) is -3.57. The van der Waals surface area contributed by atoms with Gasteiger partial charge >= 0.3 is 0 Å². The Labute approximate surface area is 118 Å². The number of halogens is 2. The van der Waals surface area contributed by atoms with Crippen molar-refractivity contribution in [1.82, 2.24) is 0 Å². The van der Waals surface area contributed by atoms with Gasteiger partial charge in [-0.25, -0.2) is 0 Å². The second kappa shape index (κ2) is 5.40. The molecule has 0 aliphatic carbocycles. The first-order valence-corrected chi connectivity index (χ1v) is 8.58. The molecule has 18 heavy (non-hydrogen) atoms. The predicted molar refractivity (Wildman–Crippen MR) is 78.0 cm³/mol. The summed E-state index contributed by atoms with van der Waals surface area (Å²) in [5.41, 5.74) is -0.205. The molecular weight excluding hydrogens is 334 g/mol. The first-order valence-electron chi connectivity index (χ1n) is 5.17. The maximum absolute atomic E-state index is 12.4. The van der Waals surface area contributed by atoms with Gasteiger partial charge in [0.2, 0.25) is 5.52 Å². The molecule has 2 rings (SSSR count). The van der Waals surface area contributed by atoms with Gasteiger partial charge in [-0.3, -0.25) is 9.36 Å². The van der Waals surface area contributed by atoms with Crippen LogP contribution in [0.5, 0.6) is 0 Å². The quantitative estimate of drug-likeness (QED) is 0.773. The molecule has 0 saturated carbocycles. The fraction of sp³-hybridized carbons (Fsp3) is 0. The van der Waals surface area contributed by atoms with E-state index in [1.165, 1.54) is 0 Å². The lowest BCUT2D eigenvalue weighted by molar-refractivity contribution is 0.107. The van der Waals surface area contributed by atoms with Crippen LogP contribution in [0, 0.1) is 0 Å². The molecule has 0 bridgehead atoms. The summed E-state index contributed by atoms with van der Waals surface area (Å²) in [7, 11) is 0. The molecule has 2 aromatic rings. The first kappa shape index (κ1) is 13.5. The minimum Gasteiger partial charge on any atom is -0.293 e. The number of carbonyl (C=O) groups is 1. The molecule has 5 heteroatoms. The highest BCUT2D eigenvalue weighted by Crippen LogP contribution is 2.52. The Kier molecular flexibility index (Phi) is 4.06. The Morgan fingerprint density at radius 1 is 1.06 bits per heavy atom. The standard InChI is InChI=1S/C13H9BrClO2P/c14-11-6-4-5-10(9-11)13(16)18(15,17)12-7-2-1-3-8-12/h1-9H. The van der Waals surface area contributed by atoms with Crippen molar-refractivity contribution in [2.24, 2.45) is 0 Å². The van der Waals surface area contributed by atoms with E-state index in [-0.39, 0.29) is 0 Å². The van der Waals surface area contributed by atoms with Crippen LogP contribution >= 0.6 is 33.7 Å². The van der Waals surface area contributed by atoms with E-state index in [1.807, 2.05) is 0 Å². The predicted octanol–water partition coefficient (Wildman–Crippen LogP) is 4.43. The van der Waals surface area contributed by atoms with E-state index in [1.54, 1.807) is 54.6 Å². The minimum atomic E-state index is -3.57. The van der Waals surface area contributed by atoms with E-state index in [4.69, 9.17) is 11.2 Å². The summed E-state index contributed by atoms with van der Waals surface area (Å²) in [4.78, 5) is 12.2. The second-order valence-corrected chi connectivity index (χ2v) is 8.01. The molecule has 1 atom stereocenters. The first-order chi connectivity index (χ1) is 8.51. The molecule has 0 heterocycles. The summed E-state index contributed by atoms with van der Waals surface area (Å²) in [6.07, 6.45) is 0. The minimum absolute atomic E-state index is 0.339. The highest BCUT2D eigenvalue weighted by molar-refractivity contribution is 9.10. The SMILES string of the molecule is O=C(c1cccc(Br)c1)P(=O)(Cl)c1ccccc1. The van der Waals surface area contributed by atoms with Crippen molar-refractivity contribution in [3.63, 3.8) is 0 Å². The normalized spacial score (nSPS) is 13.9. The van der Waals surface area contributed by atoms with Gasteiger partial charge in [-0.1, -0.05) is 46.3 Å². The van der Waals surface area contributed by atoms with Gasteiger partial charge in [0.15, 0.2) is 0 Å². The maximum Gasteiger partial charge on any atom is 0.264 e. The van der Waals surface area contributed by atoms with E-state index < -0.39 is 12.0 Å². The van der Waals surface area contributed by atoms with E-state index >= 15 is 0 Å². The fourth-order valence-corrected chi connectivity index (χ4v) is 3.82. The summed E-state index contributed by atoms with van der Waals surface area (Å²) in [6, 6.07) is 15.1. The Morgan fingerprint density at radius 3 is 2.33 bits per heavy atom. The molecule has 92 valence electrons. The molecule has 0 fully saturated rings. The van der Waals surface area contributed by atoms with Crippen molar-refractivity contribution in [3.8, 4) is 0 Å². The van der Waals surface area contributed by atoms with Crippen LogP contribution in [0.15, 0.2) is 59.1 Å². The van der Waals surface area contributed by atoms with Gasteiger partial charge in [0.05, 0.1) is 0 Å². The Bertz CT molecular complexity index is 628. The van der Waals surface area contributed by atoms with Gasteiger partial charge in [-0.2, -0.15) is 0 Å². The van der Waals surface area contributed by atoms with Gasteiger partial charge in [-0.05, 0) is 35.5 Å². The van der Waals surface area contributed by atoms with Crippen LogP contribution in [0.3, 0.4) is 0 Å². The fourth-order valence-electron chi connectivity index (χ4n) is 1.52. The van der Waals surface area contributed by atoms with Crippen molar-refractivity contribution in [2.45, 2.75) is 0 Å². The lowest BCUT2D eigenvalue weighted by atomic mass is 10.2. The molecule has 0 spiro atoms. The van der Waals surface area contributed by atoms with E-state index in [9.17, 15) is 9.36 Å². The van der Waals surface area contributed by atoms with Crippen molar-refractivity contribution in [2.75, 3.05) is 0 Å². The third-order valence-corrected chi connectivity index (χ3v) is 5.70. The smallest absolute Gasteiger partial charge is 0.264 e. The molecule has 0 aliphatic heterocycles. The zero-order chi connectivity index (χ0) is 13.2. The molecule has 0 aliphatic rings. The van der Waals surface area contributed by atoms with Crippen molar-refractivity contribution in [3.05, 3.63) is 64.6 Å². The monoisotopic (exact) mass is 342 g/mol. The van der Waals surface area contributed by atoms with Crippen LogP contribution < -0.4 is 5.30 Å². The van der Waals surface area contributed by atoms with Gasteiger partial charge < -0.3 is 0 Å². The molecule has 0 aromatic heterocycles. The average molecular weight is 344 g/mol. The summed E-state index contributed by atoms with van der Waals surface area (Å²) >= 11 is 9.26. The zero-order valence-electron chi connectivity index (χ0n) is 9.22. The van der Waals surface area contributed by atoms with Crippen LogP contribution in [-0.4, -0.2) is 5.52 Å². The maximum atomic E-state index is 12.4. The van der Waals surface area contributed by atoms with Gasteiger partial charge in [0.1, 0.15) is 0 Å². The van der Waals surface area contributed by atoms with Crippen molar-refractivity contribution >= 4 is 44.5 Å².